The number of para-hydroxylation sites is 1. The number of benzene rings is 1. The van der Waals surface area contributed by atoms with Crippen LogP contribution in [0.15, 0.2) is 48.8 Å². The summed E-state index contributed by atoms with van der Waals surface area (Å²) in [6, 6.07) is 11.3. The fraction of sp³-hybridized carbons (Fsp3) is 0.250. The first-order valence-corrected chi connectivity index (χ1v) is 7.05. The fourth-order valence-electron chi connectivity index (χ4n) is 2.11. The summed E-state index contributed by atoms with van der Waals surface area (Å²) in [6.07, 6.45) is 5.11. The largest absolute Gasteiger partial charge is 0.322 e. The average Bonchev–Trinajstić information content (AvgIpc) is 2.56. The number of anilines is 2. The van der Waals surface area contributed by atoms with Crippen molar-refractivity contribution in [2.75, 3.05) is 16.9 Å². The third-order valence-electron chi connectivity index (χ3n) is 3.26. The molecular formula is C16H20N4O. The van der Waals surface area contributed by atoms with Gasteiger partial charge in [0.1, 0.15) is 0 Å². The van der Waals surface area contributed by atoms with Crippen molar-refractivity contribution in [3.8, 4) is 0 Å². The van der Waals surface area contributed by atoms with E-state index in [0.717, 1.165) is 18.5 Å². The van der Waals surface area contributed by atoms with Crippen molar-refractivity contribution in [3.05, 3.63) is 54.4 Å². The minimum absolute atomic E-state index is 0.0787. The predicted molar refractivity (Wildman–Crippen MR) is 85.1 cm³/mol. The smallest absolute Gasteiger partial charge is 0.260 e. The highest BCUT2D eigenvalue weighted by Crippen LogP contribution is 2.21. The summed E-state index contributed by atoms with van der Waals surface area (Å²) < 4.78 is 0. The van der Waals surface area contributed by atoms with Crippen LogP contribution >= 0.6 is 0 Å². The average molecular weight is 284 g/mol. The van der Waals surface area contributed by atoms with Crippen LogP contribution in [0.3, 0.4) is 0 Å². The lowest BCUT2D eigenvalue weighted by Crippen LogP contribution is -2.32. The van der Waals surface area contributed by atoms with E-state index in [-0.39, 0.29) is 5.91 Å². The van der Waals surface area contributed by atoms with Crippen molar-refractivity contribution < 1.29 is 4.79 Å². The lowest BCUT2D eigenvalue weighted by molar-refractivity contribution is 0.0987. The molecule has 5 heteroatoms. The van der Waals surface area contributed by atoms with Gasteiger partial charge in [0.15, 0.2) is 0 Å². The van der Waals surface area contributed by atoms with E-state index in [2.05, 4.69) is 17.3 Å². The number of nitrogens with one attached hydrogen (secondary N) is 1. The molecule has 0 atom stereocenters. The molecule has 5 nitrogen and oxygen atoms in total. The number of amides is 1. The summed E-state index contributed by atoms with van der Waals surface area (Å²) >= 11 is 0. The van der Waals surface area contributed by atoms with Gasteiger partial charge < -0.3 is 10.3 Å². The van der Waals surface area contributed by atoms with Crippen molar-refractivity contribution in [1.29, 1.82) is 0 Å². The van der Waals surface area contributed by atoms with E-state index in [1.807, 2.05) is 30.3 Å². The van der Waals surface area contributed by atoms with Gasteiger partial charge in [0.25, 0.3) is 5.91 Å². The predicted octanol–water partition coefficient (Wildman–Crippen LogP) is 2.81. The van der Waals surface area contributed by atoms with Gasteiger partial charge in [-0.25, -0.2) is 0 Å². The number of hydrogen-bond donors (Lipinski definition) is 2. The Bertz CT molecular complexity index is 586. The molecule has 0 aliphatic rings. The van der Waals surface area contributed by atoms with Gasteiger partial charge in [-0.05, 0) is 24.6 Å². The van der Waals surface area contributed by atoms with Crippen molar-refractivity contribution in [2.24, 2.45) is 5.84 Å². The maximum Gasteiger partial charge on any atom is 0.260 e. The van der Waals surface area contributed by atoms with Crippen molar-refractivity contribution in [2.45, 2.75) is 19.8 Å². The minimum atomic E-state index is -0.0787. The lowest BCUT2D eigenvalue weighted by Gasteiger charge is -2.23. The molecule has 1 aromatic heterocycles. The molecule has 1 amide bonds. The number of unbranched alkanes of at least 4 members (excludes halogenated alkanes) is 1. The van der Waals surface area contributed by atoms with Gasteiger partial charge in [0.05, 0.1) is 17.4 Å². The van der Waals surface area contributed by atoms with E-state index in [1.54, 1.807) is 23.4 Å². The molecule has 110 valence electrons. The van der Waals surface area contributed by atoms with Crippen LogP contribution in [0.5, 0.6) is 0 Å². The number of aromatic nitrogens is 1. The van der Waals surface area contributed by atoms with Crippen LogP contribution in [-0.2, 0) is 0 Å². The normalized spacial score (nSPS) is 10.2. The molecule has 0 bridgehead atoms. The fourth-order valence-corrected chi connectivity index (χ4v) is 2.11. The van der Waals surface area contributed by atoms with E-state index >= 15 is 0 Å². The number of hydrazine groups is 1. The van der Waals surface area contributed by atoms with E-state index < -0.39 is 0 Å². The van der Waals surface area contributed by atoms with E-state index in [0.29, 0.717) is 17.8 Å². The van der Waals surface area contributed by atoms with Crippen LogP contribution in [-0.4, -0.2) is 17.4 Å². The first-order chi connectivity index (χ1) is 10.3. The summed E-state index contributed by atoms with van der Waals surface area (Å²) in [5.74, 6) is 5.39. The van der Waals surface area contributed by atoms with E-state index in [9.17, 15) is 4.79 Å². The van der Waals surface area contributed by atoms with Crippen molar-refractivity contribution in [1.82, 2.24) is 4.98 Å². The van der Waals surface area contributed by atoms with E-state index in [1.165, 1.54) is 0 Å². The molecule has 3 N–H and O–H groups in total. The van der Waals surface area contributed by atoms with Gasteiger partial charge >= 0.3 is 0 Å². The molecule has 0 spiro atoms. The number of hydrogen-bond acceptors (Lipinski definition) is 4. The molecule has 0 radical (unpaired) electrons. The molecule has 1 aromatic carbocycles. The Morgan fingerprint density at radius 3 is 2.71 bits per heavy atom. The third-order valence-corrected chi connectivity index (χ3v) is 3.26. The monoisotopic (exact) mass is 284 g/mol. The summed E-state index contributed by atoms with van der Waals surface area (Å²) in [5, 5.41) is 0. The van der Waals surface area contributed by atoms with Gasteiger partial charge in [-0.1, -0.05) is 31.5 Å². The molecule has 0 saturated heterocycles. The second kappa shape index (κ2) is 7.40. The van der Waals surface area contributed by atoms with E-state index in [4.69, 9.17) is 5.84 Å². The van der Waals surface area contributed by atoms with Gasteiger partial charge in [-0.2, -0.15) is 0 Å². The molecule has 0 fully saturated rings. The second-order valence-corrected chi connectivity index (χ2v) is 4.71. The molecule has 0 aliphatic carbocycles. The topological polar surface area (TPSA) is 71.2 Å². The number of carbonyl (C=O) groups is 1. The second-order valence-electron chi connectivity index (χ2n) is 4.71. The maximum atomic E-state index is 12.8. The highest BCUT2D eigenvalue weighted by molar-refractivity contribution is 6.09. The highest BCUT2D eigenvalue weighted by Gasteiger charge is 2.19. The maximum absolute atomic E-state index is 12.8. The van der Waals surface area contributed by atoms with Crippen LogP contribution < -0.4 is 16.2 Å². The number of pyridine rings is 1. The standard InChI is InChI=1S/C16H20N4O/c1-2-3-11-20(13-7-5-4-6-8-13)16(21)14-9-10-18-12-15(14)19-17/h4-10,12,19H,2-3,11,17H2,1H3. The molecule has 0 unspecified atom stereocenters. The van der Waals surface area contributed by atoms with Crippen LogP contribution in [0.1, 0.15) is 30.1 Å². The molecule has 2 aromatic rings. The van der Waals surface area contributed by atoms with Crippen LogP contribution in [0, 0.1) is 0 Å². The first-order valence-electron chi connectivity index (χ1n) is 7.05. The Morgan fingerprint density at radius 2 is 2.05 bits per heavy atom. The van der Waals surface area contributed by atoms with Gasteiger partial charge in [-0.3, -0.25) is 15.6 Å². The SMILES string of the molecule is CCCCN(C(=O)c1ccncc1NN)c1ccccc1. The number of nitrogens with two attached hydrogens (primary N) is 1. The Labute approximate surface area is 124 Å². The van der Waals surface area contributed by atoms with Gasteiger partial charge in [0, 0.05) is 18.4 Å². The minimum Gasteiger partial charge on any atom is -0.322 e. The number of nitrogens with zero attached hydrogens (tertiary/aromatic N) is 2. The summed E-state index contributed by atoms with van der Waals surface area (Å²) in [5.41, 5.74) is 4.46. The molecule has 21 heavy (non-hydrogen) atoms. The molecule has 2 rings (SSSR count). The van der Waals surface area contributed by atoms with Gasteiger partial charge in [-0.15, -0.1) is 0 Å². The first kappa shape index (κ1) is 15.0. The van der Waals surface area contributed by atoms with Crippen LogP contribution in [0.25, 0.3) is 0 Å². The third kappa shape index (κ3) is 3.58. The summed E-state index contributed by atoms with van der Waals surface area (Å²) in [4.78, 5) is 18.6. The Balaban J connectivity index is 2.34. The van der Waals surface area contributed by atoms with Crippen LogP contribution in [0.4, 0.5) is 11.4 Å². The van der Waals surface area contributed by atoms with Gasteiger partial charge in [0.2, 0.25) is 0 Å². The number of rotatable bonds is 6. The number of nitrogen functional groups attached to an aromatic ring is 1. The Kier molecular flexibility index (Phi) is 5.29. The quantitative estimate of drug-likeness (QED) is 0.632. The zero-order valence-electron chi connectivity index (χ0n) is 12.1. The lowest BCUT2D eigenvalue weighted by atomic mass is 10.1. The Hall–Kier alpha value is -2.40. The molecular weight excluding hydrogens is 264 g/mol. The number of carbonyl (C=O) groups excluding carboxylic acids is 1. The zero-order chi connectivity index (χ0) is 15.1. The molecule has 0 saturated carbocycles. The molecule has 1 heterocycles. The van der Waals surface area contributed by atoms with Crippen molar-refractivity contribution in [3.63, 3.8) is 0 Å². The summed E-state index contributed by atoms with van der Waals surface area (Å²) in [6.45, 7) is 2.78. The zero-order valence-corrected chi connectivity index (χ0v) is 12.1. The van der Waals surface area contributed by atoms with Crippen molar-refractivity contribution >= 4 is 17.3 Å². The summed E-state index contributed by atoms with van der Waals surface area (Å²) in [7, 11) is 0. The molecule has 0 aliphatic heterocycles. The Morgan fingerprint density at radius 1 is 1.29 bits per heavy atom. The van der Waals surface area contributed by atoms with Crippen LogP contribution in [0.2, 0.25) is 0 Å². The highest BCUT2D eigenvalue weighted by atomic mass is 16.2.